The zero-order chi connectivity index (χ0) is 12.1. The van der Waals surface area contributed by atoms with Crippen LogP contribution >= 0.6 is 11.3 Å². The molecule has 17 heavy (non-hydrogen) atoms. The zero-order valence-corrected chi connectivity index (χ0v) is 9.98. The van der Waals surface area contributed by atoms with Gasteiger partial charge in [0.2, 0.25) is 0 Å². The van der Waals surface area contributed by atoms with E-state index < -0.39 is 6.10 Å². The van der Waals surface area contributed by atoms with Gasteiger partial charge in [0.25, 0.3) is 5.91 Å². The minimum atomic E-state index is -1.07. The molecule has 1 aromatic carbocycles. The number of rotatable bonds is 4. The topological polar surface area (TPSA) is 49.3 Å². The van der Waals surface area contributed by atoms with Crippen LogP contribution in [0.4, 0.5) is 0 Å². The summed E-state index contributed by atoms with van der Waals surface area (Å²) < 4.78 is 0. The largest absolute Gasteiger partial charge is 0.378 e. The van der Waals surface area contributed by atoms with Gasteiger partial charge in [-0.1, -0.05) is 36.4 Å². The molecule has 3 nitrogen and oxygen atoms in total. The number of hydrogen-bond acceptors (Lipinski definition) is 3. The number of nitrogens with one attached hydrogen (secondary N) is 1. The lowest BCUT2D eigenvalue weighted by Crippen LogP contribution is -2.28. The first kappa shape index (κ1) is 11.8. The van der Waals surface area contributed by atoms with Crippen LogP contribution in [-0.4, -0.2) is 11.0 Å². The van der Waals surface area contributed by atoms with Crippen LogP contribution in [0.15, 0.2) is 47.8 Å². The van der Waals surface area contributed by atoms with Gasteiger partial charge in [-0.05, 0) is 17.0 Å². The van der Waals surface area contributed by atoms with Gasteiger partial charge in [0, 0.05) is 11.4 Å². The molecule has 2 rings (SSSR count). The normalized spacial score (nSPS) is 12.1. The van der Waals surface area contributed by atoms with E-state index in [-0.39, 0.29) is 5.91 Å². The highest BCUT2D eigenvalue weighted by Gasteiger charge is 2.17. The van der Waals surface area contributed by atoms with Crippen LogP contribution in [0.2, 0.25) is 0 Å². The van der Waals surface area contributed by atoms with Crippen LogP contribution in [0.1, 0.15) is 16.5 Å². The maximum Gasteiger partial charge on any atom is 0.254 e. The Morgan fingerprint density at radius 1 is 1.24 bits per heavy atom. The molecular formula is C13H13NO2S. The van der Waals surface area contributed by atoms with Crippen LogP contribution in [0.3, 0.4) is 0 Å². The van der Waals surface area contributed by atoms with Crippen molar-refractivity contribution in [2.24, 2.45) is 0 Å². The molecule has 1 unspecified atom stereocenters. The molecule has 1 atom stereocenters. The van der Waals surface area contributed by atoms with Crippen LogP contribution in [0, 0.1) is 0 Å². The van der Waals surface area contributed by atoms with Crippen LogP contribution < -0.4 is 5.32 Å². The highest BCUT2D eigenvalue weighted by molar-refractivity contribution is 7.10. The van der Waals surface area contributed by atoms with E-state index in [1.807, 2.05) is 41.8 Å². The summed E-state index contributed by atoms with van der Waals surface area (Å²) in [6, 6.07) is 13.2. The zero-order valence-electron chi connectivity index (χ0n) is 9.17. The van der Waals surface area contributed by atoms with Gasteiger partial charge in [-0.3, -0.25) is 4.79 Å². The van der Waals surface area contributed by atoms with E-state index in [1.54, 1.807) is 6.07 Å². The Morgan fingerprint density at radius 3 is 2.65 bits per heavy atom. The second-order valence-corrected chi connectivity index (χ2v) is 4.60. The highest BCUT2D eigenvalue weighted by Crippen LogP contribution is 2.18. The van der Waals surface area contributed by atoms with E-state index in [0.29, 0.717) is 11.4 Å². The maximum atomic E-state index is 11.7. The fourth-order valence-electron chi connectivity index (χ4n) is 1.46. The third kappa shape index (κ3) is 3.15. The van der Waals surface area contributed by atoms with E-state index in [4.69, 9.17) is 0 Å². The lowest BCUT2D eigenvalue weighted by molar-refractivity contribution is -0.129. The molecule has 1 aromatic heterocycles. The number of hydrogen-bond donors (Lipinski definition) is 2. The van der Waals surface area contributed by atoms with E-state index >= 15 is 0 Å². The number of aliphatic hydroxyl groups is 1. The number of amides is 1. The summed E-state index contributed by atoms with van der Waals surface area (Å²) in [4.78, 5) is 12.3. The first-order valence-corrected chi connectivity index (χ1v) is 6.18. The lowest BCUT2D eigenvalue weighted by Gasteiger charge is -2.09. The van der Waals surface area contributed by atoms with Gasteiger partial charge in [-0.15, -0.1) is 11.3 Å². The molecule has 0 radical (unpaired) electrons. The first-order chi connectivity index (χ1) is 8.27. The minimum Gasteiger partial charge on any atom is -0.378 e. The monoisotopic (exact) mass is 247 g/mol. The molecule has 0 saturated heterocycles. The summed E-state index contributed by atoms with van der Waals surface area (Å²) in [5.74, 6) is -0.365. The van der Waals surface area contributed by atoms with Crippen molar-refractivity contribution in [1.29, 1.82) is 0 Å². The molecule has 0 fully saturated rings. The molecule has 0 spiro atoms. The third-order valence-corrected chi connectivity index (χ3v) is 3.30. The van der Waals surface area contributed by atoms with E-state index in [0.717, 1.165) is 5.56 Å². The molecule has 88 valence electrons. The number of carbonyl (C=O) groups excluding carboxylic acids is 1. The Hall–Kier alpha value is -1.65. The summed E-state index contributed by atoms with van der Waals surface area (Å²) in [6.45, 7) is 0.433. The van der Waals surface area contributed by atoms with Crippen molar-refractivity contribution in [3.05, 3.63) is 58.3 Å². The predicted molar refractivity (Wildman–Crippen MR) is 67.6 cm³/mol. The number of carbonyl (C=O) groups is 1. The van der Waals surface area contributed by atoms with Crippen molar-refractivity contribution in [3.8, 4) is 0 Å². The van der Waals surface area contributed by atoms with Gasteiger partial charge in [-0.2, -0.15) is 0 Å². The van der Waals surface area contributed by atoms with Crippen molar-refractivity contribution in [2.75, 3.05) is 0 Å². The molecule has 0 aliphatic heterocycles. The Kier molecular flexibility index (Phi) is 3.90. The van der Waals surface area contributed by atoms with Crippen LogP contribution in [0.5, 0.6) is 0 Å². The fraction of sp³-hybridized carbons (Fsp3) is 0.154. The van der Waals surface area contributed by atoms with Crippen molar-refractivity contribution in [1.82, 2.24) is 5.32 Å². The summed E-state index contributed by atoms with van der Waals surface area (Å²) >= 11 is 1.37. The lowest BCUT2D eigenvalue weighted by atomic mass is 10.2. The Balaban J connectivity index is 1.90. The third-order valence-electron chi connectivity index (χ3n) is 2.37. The Labute approximate surface area is 104 Å². The number of aliphatic hydroxyl groups excluding tert-OH is 1. The van der Waals surface area contributed by atoms with Crippen LogP contribution in [0.25, 0.3) is 0 Å². The number of thiophene rings is 1. The van der Waals surface area contributed by atoms with Gasteiger partial charge in [-0.25, -0.2) is 0 Å². The fourth-order valence-corrected chi connectivity index (χ4v) is 2.17. The van der Waals surface area contributed by atoms with E-state index in [2.05, 4.69) is 5.32 Å². The van der Waals surface area contributed by atoms with Crippen molar-refractivity contribution in [3.63, 3.8) is 0 Å². The average Bonchev–Trinajstić information content (AvgIpc) is 2.90. The molecule has 1 heterocycles. The minimum absolute atomic E-state index is 0.365. The second-order valence-electron chi connectivity index (χ2n) is 3.62. The standard InChI is InChI=1S/C13H13NO2S/c15-12(11-7-4-8-17-11)13(16)14-9-10-5-2-1-3-6-10/h1-8,12,15H,9H2,(H,14,16). The van der Waals surface area contributed by atoms with Gasteiger partial charge >= 0.3 is 0 Å². The van der Waals surface area contributed by atoms with Crippen molar-refractivity contribution < 1.29 is 9.90 Å². The molecule has 2 aromatic rings. The van der Waals surface area contributed by atoms with Gasteiger partial charge in [0.15, 0.2) is 6.10 Å². The average molecular weight is 247 g/mol. The highest BCUT2D eigenvalue weighted by atomic mass is 32.1. The summed E-state index contributed by atoms with van der Waals surface area (Å²) in [6.07, 6.45) is -1.07. The van der Waals surface area contributed by atoms with E-state index in [1.165, 1.54) is 11.3 Å². The first-order valence-electron chi connectivity index (χ1n) is 5.30. The molecule has 0 bridgehead atoms. The SMILES string of the molecule is O=C(NCc1ccccc1)C(O)c1cccs1. The molecular weight excluding hydrogens is 234 g/mol. The molecule has 0 aliphatic carbocycles. The molecule has 2 N–H and O–H groups in total. The van der Waals surface area contributed by atoms with Crippen LogP contribution in [-0.2, 0) is 11.3 Å². The number of benzene rings is 1. The maximum absolute atomic E-state index is 11.7. The molecule has 0 saturated carbocycles. The quantitative estimate of drug-likeness (QED) is 0.869. The Morgan fingerprint density at radius 2 is 2.00 bits per heavy atom. The summed E-state index contributed by atoms with van der Waals surface area (Å²) in [5.41, 5.74) is 1.01. The Bertz CT molecular complexity index is 467. The van der Waals surface area contributed by atoms with Gasteiger partial charge < -0.3 is 10.4 Å². The molecule has 1 amide bonds. The van der Waals surface area contributed by atoms with E-state index in [9.17, 15) is 9.90 Å². The van der Waals surface area contributed by atoms with Gasteiger partial charge in [0.1, 0.15) is 0 Å². The smallest absolute Gasteiger partial charge is 0.254 e. The summed E-state index contributed by atoms with van der Waals surface area (Å²) in [5, 5.41) is 14.3. The van der Waals surface area contributed by atoms with Crippen molar-refractivity contribution >= 4 is 17.2 Å². The predicted octanol–water partition coefficient (Wildman–Crippen LogP) is 2.10. The van der Waals surface area contributed by atoms with Gasteiger partial charge in [0.05, 0.1) is 0 Å². The molecule has 4 heteroatoms. The van der Waals surface area contributed by atoms with Crippen molar-refractivity contribution in [2.45, 2.75) is 12.6 Å². The second kappa shape index (κ2) is 5.61. The summed E-state index contributed by atoms with van der Waals surface area (Å²) in [7, 11) is 0. The molecule has 0 aliphatic rings.